The Kier molecular flexibility index (Phi) is 4.77. The number of ketones is 1. The van der Waals surface area contributed by atoms with E-state index < -0.39 is 11.8 Å². The monoisotopic (exact) mass is 302 g/mol. The Morgan fingerprint density at radius 2 is 2.14 bits per heavy atom. The first kappa shape index (κ1) is 15.3. The molecule has 1 aromatic carbocycles. The van der Waals surface area contributed by atoms with Gasteiger partial charge in [-0.05, 0) is 30.0 Å². The Labute approximate surface area is 128 Å². The molecule has 1 fully saturated rings. The Bertz CT molecular complexity index is 604. The fourth-order valence-electron chi connectivity index (χ4n) is 2.33. The van der Waals surface area contributed by atoms with Gasteiger partial charge in [0, 0.05) is 17.5 Å². The van der Waals surface area contributed by atoms with Crippen LogP contribution in [0.1, 0.15) is 17.9 Å². The van der Waals surface area contributed by atoms with Crippen molar-refractivity contribution in [3.8, 4) is 6.07 Å². The van der Waals surface area contributed by atoms with Crippen molar-refractivity contribution in [3.05, 3.63) is 47.5 Å². The smallest absolute Gasteiger partial charge is 0.245 e. The highest BCUT2D eigenvalue weighted by atomic mass is 35.5. The summed E-state index contributed by atoms with van der Waals surface area (Å²) in [5.41, 5.74) is 1.01. The molecule has 5 heteroatoms. The zero-order chi connectivity index (χ0) is 15.4. The topological polar surface area (TPSA) is 70.0 Å². The second kappa shape index (κ2) is 6.55. The standard InChI is InChI=1S/C16H15ClN2O2/c1-2-7-19-16(21)14(9-18)15(20)13-8-12(13)10-3-5-11(17)6-4-10/h2-6,12-14H,1,7-8H2,(H,19,21)/t12-,13-,14+/m1/s1. The Balaban J connectivity index is 2.01. The van der Waals surface area contributed by atoms with Gasteiger partial charge < -0.3 is 5.32 Å². The molecular formula is C16H15ClN2O2. The van der Waals surface area contributed by atoms with Gasteiger partial charge in [0.1, 0.15) is 0 Å². The number of benzene rings is 1. The van der Waals surface area contributed by atoms with Crippen LogP contribution >= 0.6 is 11.6 Å². The third kappa shape index (κ3) is 3.50. The lowest BCUT2D eigenvalue weighted by Gasteiger charge is -2.08. The lowest BCUT2D eigenvalue weighted by atomic mass is 9.98. The van der Waals surface area contributed by atoms with E-state index in [4.69, 9.17) is 16.9 Å². The number of halogens is 1. The van der Waals surface area contributed by atoms with E-state index in [-0.39, 0.29) is 24.2 Å². The molecule has 1 N–H and O–H groups in total. The van der Waals surface area contributed by atoms with Gasteiger partial charge in [0.25, 0.3) is 0 Å². The van der Waals surface area contributed by atoms with Gasteiger partial charge in [-0.15, -0.1) is 6.58 Å². The van der Waals surface area contributed by atoms with Crippen LogP contribution in [-0.2, 0) is 9.59 Å². The van der Waals surface area contributed by atoms with E-state index in [0.717, 1.165) is 5.56 Å². The molecule has 0 aromatic heterocycles. The van der Waals surface area contributed by atoms with Crippen LogP contribution in [0.4, 0.5) is 0 Å². The van der Waals surface area contributed by atoms with Crippen molar-refractivity contribution in [1.29, 1.82) is 5.26 Å². The van der Waals surface area contributed by atoms with E-state index in [1.165, 1.54) is 6.08 Å². The lowest BCUT2D eigenvalue weighted by molar-refractivity contribution is -0.132. The highest BCUT2D eigenvalue weighted by Crippen LogP contribution is 2.49. The van der Waals surface area contributed by atoms with Crippen LogP contribution in [0.15, 0.2) is 36.9 Å². The summed E-state index contributed by atoms with van der Waals surface area (Å²) in [6, 6.07) is 9.09. The molecule has 0 spiro atoms. The molecule has 1 amide bonds. The number of amides is 1. The quantitative estimate of drug-likeness (QED) is 0.648. The van der Waals surface area contributed by atoms with Crippen molar-refractivity contribution in [2.24, 2.45) is 11.8 Å². The molecule has 0 unspecified atom stereocenters. The summed E-state index contributed by atoms with van der Waals surface area (Å²) in [6.45, 7) is 3.72. The lowest BCUT2D eigenvalue weighted by Crippen LogP contribution is -2.35. The molecule has 0 bridgehead atoms. The maximum atomic E-state index is 12.3. The molecule has 0 saturated heterocycles. The van der Waals surface area contributed by atoms with E-state index in [1.807, 2.05) is 12.1 Å². The van der Waals surface area contributed by atoms with Crippen molar-refractivity contribution in [2.75, 3.05) is 6.54 Å². The predicted octanol–water partition coefficient (Wildman–Crippen LogP) is 2.45. The van der Waals surface area contributed by atoms with Crippen molar-refractivity contribution in [1.82, 2.24) is 5.32 Å². The Morgan fingerprint density at radius 3 is 2.71 bits per heavy atom. The minimum atomic E-state index is -1.24. The Morgan fingerprint density at radius 1 is 1.48 bits per heavy atom. The highest BCUT2D eigenvalue weighted by molar-refractivity contribution is 6.30. The van der Waals surface area contributed by atoms with E-state index in [9.17, 15) is 9.59 Å². The molecule has 4 nitrogen and oxygen atoms in total. The summed E-state index contributed by atoms with van der Waals surface area (Å²) in [5.74, 6) is -2.28. The van der Waals surface area contributed by atoms with Crippen LogP contribution in [0.25, 0.3) is 0 Å². The normalized spacial score (nSPS) is 21.0. The van der Waals surface area contributed by atoms with Crippen LogP contribution in [0.5, 0.6) is 0 Å². The first-order valence-electron chi connectivity index (χ1n) is 6.66. The van der Waals surface area contributed by atoms with Gasteiger partial charge in [0.05, 0.1) is 6.07 Å². The van der Waals surface area contributed by atoms with E-state index in [2.05, 4.69) is 11.9 Å². The number of nitriles is 1. The molecule has 0 radical (unpaired) electrons. The van der Waals surface area contributed by atoms with Crippen LogP contribution in [-0.4, -0.2) is 18.2 Å². The molecule has 0 heterocycles. The summed E-state index contributed by atoms with van der Waals surface area (Å²) in [4.78, 5) is 24.0. The van der Waals surface area contributed by atoms with Gasteiger partial charge >= 0.3 is 0 Å². The third-order valence-corrected chi connectivity index (χ3v) is 3.80. The molecule has 3 atom stereocenters. The van der Waals surface area contributed by atoms with Gasteiger partial charge in [-0.2, -0.15) is 5.26 Å². The Hall–Kier alpha value is -2.12. The van der Waals surface area contributed by atoms with Crippen LogP contribution in [0.2, 0.25) is 5.02 Å². The van der Waals surface area contributed by atoms with Crippen molar-refractivity contribution >= 4 is 23.3 Å². The molecule has 1 aromatic rings. The van der Waals surface area contributed by atoms with Gasteiger partial charge in [0.15, 0.2) is 11.7 Å². The molecule has 1 saturated carbocycles. The second-order valence-electron chi connectivity index (χ2n) is 5.00. The summed E-state index contributed by atoms with van der Waals surface area (Å²) < 4.78 is 0. The summed E-state index contributed by atoms with van der Waals surface area (Å²) in [7, 11) is 0. The number of hydrogen-bond acceptors (Lipinski definition) is 3. The second-order valence-corrected chi connectivity index (χ2v) is 5.43. The van der Waals surface area contributed by atoms with Gasteiger partial charge in [-0.3, -0.25) is 9.59 Å². The largest absolute Gasteiger partial charge is 0.351 e. The van der Waals surface area contributed by atoms with Gasteiger partial charge in [-0.25, -0.2) is 0 Å². The summed E-state index contributed by atoms with van der Waals surface area (Å²) in [5, 5.41) is 12.2. The maximum absolute atomic E-state index is 12.3. The number of carbonyl (C=O) groups is 2. The summed E-state index contributed by atoms with van der Waals surface area (Å²) >= 11 is 5.83. The SMILES string of the molecule is C=CCNC(=O)[C@@H](C#N)C(=O)[C@@H]1C[C@@H]1c1ccc(Cl)cc1. The number of Topliss-reactive ketones (excluding diaryl/α,β-unsaturated/α-hetero) is 1. The van der Waals surface area contributed by atoms with Gasteiger partial charge in [0.2, 0.25) is 5.91 Å². The fraction of sp³-hybridized carbons (Fsp3) is 0.312. The third-order valence-electron chi connectivity index (χ3n) is 3.55. The molecule has 2 rings (SSSR count). The molecular weight excluding hydrogens is 288 g/mol. The highest BCUT2D eigenvalue weighted by Gasteiger charge is 2.47. The van der Waals surface area contributed by atoms with Crippen LogP contribution in [0, 0.1) is 23.2 Å². The summed E-state index contributed by atoms with van der Waals surface area (Å²) in [6.07, 6.45) is 2.18. The first-order chi connectivity index (χ1) is 10.1. The number of carbonyl (C=O) groups excluding carboxylic acids is 2. The average Bonchev–Trinajstić information content (AvgIpc) is 3.27. The number of hydrogen-bond donors (Lipinski definition) is 1. The zero-order valence-corrected chi connectivity index (χ0v) is 12.1. The minimum absolute atomic E-state index is 0.0813. The fourth-order valence-corrected chi connectivity index (χ4v) is 2.45. The molecule has 1 aliphatic rings. The van der Waals surface area contributed by atoms with E-state index >= 15 is 0 Å². The molecule has 1 aliphatic carbocycles. The van der Waals surface area contributed by atoms with Crippen molar-refractivity contribution in [2.45, 2.75) is 12.3 Å². The first-order valence-corrected chi connectivity index (χ1v) is 7.03. The number of nitrogens with zero attached hydrogens (tertiary/aromatic N) is 1. The molecule has 0 aliphatic heterocycles. The predicted molar refractivity (Wildman–Crippen MR) is 79.6 cm³/mol. The number of rotatable bonds is 6. The van der Waals surface area contributed by atoms with Crippen molar-refractivity contribution < 1.29 is 9.59 Å². The maximum Gasteiger partial charge on any atom is 0.245 e. The number of nitrogens with one attached hydrogen (secondary N) is 1. The zero-order valence-electron chi connectivity index (χ0n) is 11.4. The van der Waals surface area contributed by atoms with E-state index in [1.54, 1.807) is 18.2 Å². The average molecular weight is 303 g/mol. The molecule has 21 heavy (non-hydrogen) atoms. The van der Waals surface area contributed by atoms with Crippen LogP contribution in [0.3, 0.4) is 0 Å². The molecule has 108 valence electrons. The van der Waals surface area contributed by atoms with Crippen molar-refractivity contribution in [3.63, 3.8) is 0 Å². The van der Waals surface area contributed by atoms with Gasteiger partial charge in [-0.1, -0.05) is 29.8 Å². The van der Waals surface area contributed by atoms with Crippen LogP contribution < -0.4 is 5.32 Å². The minimum Gasteiger partial charge on any atom is -0.351 e. The van der Waals surface area contributed by atoms with E-state index in [0.29, 0.717) is 11.4 Å².